The Labute approximate surface area is 180 Å². The van der Waals surface area contributed by atoms with Gasteiger partial charge in [-0.1, -0.05) is 38.1 Å². The number of hydrogen-bond donors (Lipinski definition) is 1. The van der Waals surface area contributed by atoms with E-state index < -0.39 is 0 Å². The second-order valence-corrected chi connectivity index (χ2v) is 7.94. The first-order valence-electron chi connectivity index (χ1n) is 11.0. The predicted octanol–water partition coefficient (Wildman–Crippen LogP) is 4.30. The highest BCUT2D eigenvalue weighted by Gasteiger charge is 2.17. The third-order valence-electron chi connectivity index (χ3n) is 5.90. The first-order valence-corrected chi connectivity index (χ1v) is 11.0. The lowest BCUT2D eigenvalue weighted by Gasteiger charge is -2.36. The Morgan fingerprint density at radius 2 is 1.63 bits per heavy atom. The number of carbonyl (C=O) groups excluding carboxylic acids is 2. The highest BCUT2D eigenvalue weighted by Crippen LogP contribution is 2.25. The molecule has 2 aromatic carbocycles. The molecular formula is C25H33N3O2. The summed E-state index contributed by atoms with van der Waals surface area (Å²) < 4.78 is 0. The summed E-state index contributed by atoms with van der Waals surface area (Å²) in [7, 11) is 0. The van der Waals surface area contributed by atoms with E-state index in [1.807, 2.05) is 36.4 Å². The fourth-order valence-electron chi connectivity index (χ4n) is 3.91. The van der Waals surface area contributed by atoms with Crippen LogP contribution in [0.2, 0.25) is 0 Å². The number of piperazine rings is 1. The van der Waals surface area contributed by atoms with Gasteiger partial charge in [0.05, 0.1) is 0 Å². The van der Waals surface area contributed by atoms with Gasteiger partial charge in [-0.2, -0.15) is 0 Å². The number of amides is 1. The molecule has 160 valence electrons. The standard InChI is InChI=1S/C25H33N3O2/c1-4-20-6-8-21(9-7-20)24(29)12-13-25(30)26-22-10-11-23(19(3)18-22)28-16-14-27(5-2)15-17-28/h6-11,18H,4-5,12-17H2,1-3H3,(H,26,30). The Morgan fingerprint density at radius 1 is 0.933 bits per heavy atom. The molecule has 2 aromatic rings. The number of aryl methyl sites for hydroxylation is 2. The van der Waals surface area contributed by atoms with Gasteiger partial charge in [-0.3, -0.25) is 9.59 Å². The zero-order chi connectivity index (χ0) is 21.5. The monoisotopic (exact) mass is 407 g/mol. The lowest BCUT2D eigenvalue weighted by molar-refractivity contribution is -0.116. The summed E-state index contributed by atoms with van der Waals surface area (Å²) in [6, 6.07) is 13.7. The van der Waals surface area contributed by atoms with Crippen LogP contribution in [0.3, 0.4) is 0 Å². The molecule has 0 aliphatic carbocycles. The summed E-state index contributed by atoms with van der Waals surface area (Å²) >= 11 is 0. The van der Waals surface area contributed by atoms with E-state index in [1.165, 1.54) is 11.3 Å². The van der Waals surface area contributed by atoms with Gasteiger partial charge in [-0.05, 0) is 49.2 Å². The van der Waals surface area contributed by atoms with E-state index >= 15 is 0 Å². The van der Waals surface area contributed by atoms with Gasteiger partial charge < -0.3 is 15.1 Å². The summed E-state index contributed by atoms with van der Waals surface area (Å²) in [6.07, 6.45) is 1.36. The van der Waals surface area contributed by atoms with Crippen molar-refractivity contribution in [2.75, 3.05) is 42.9 Å². The highest BCUT2D eigenvalue weighted by molar-refractivity contribution is 6.00. The molecule has 5 heteroatoms. The number of rotatable bonds is 8. The molecule has 0 unspecified atom stereocenters. The fraction of sp³-hybridized carbons (Fsp3) is 0.440. The van der Waals surface area contributed by atoms with Crippen molar-refractivity contribution >= 4 is 23.1 Å². The number of nitrogens with one attached hydrogen (secondary N) is 1. The highest BCUT2D eigenvalue weighted by atomic mass is 16.2. The molecule has 0 atom stereocenters. The first-order chi connectivity index (χ1) is 14.5. The molecule has 3 rings (SSSR count). The number of carbonyl (C=O) groups is 2. The van der Waals surface area contributed by atoms with Gasteiger partial charge in [0.25, 0.3) is 0 Å². The Morgan fingerprint density at radius 3 is 2.23 bits per heavy atom. The van der Waals surface area contributed by atoms with E-state index in [1.54, 1.807) is 0 Å². The molecule has 30 heavy (non-hydrogen) atoms. The van der Waals surface area contributed by atoms with E-state index in [4.69, 9.17) is 0 Å². The summed E-state index contributed by atoms with van der Waals surface area (Å²) in [5.74, 6) is -0.122. The zero-order valence-corrected chi connectivity index (χ0v) is 18.4. The topological polar surface area (TPSA) is 52.7 Å². The van der Waals surface area contributed by atoms with Crippen molar-refractivity contribution < 1.29 is 9.59 Å². The minimum atomic E-state index is -0.128. The van der Waals surface area contributed by atoms with Crippen LogP contribution in [0.25, 0.3) is 0 Å². The average Bonchev–Trinajstić information content (AvgIpc) is 2.78. The van der Waals surface area contributed by atoms with Gasteiger partial charge >= 0.3 is 0 Å². The Bertz CT molecular complexity index is 868. The van der Waals surface area contributed by atoms with Crippen molar-refractivity contribution in [1.82, 2.24) is 4.90 Å². The summed E-state index contributed by atoms with van der Waals surface area (Å²) in [5, 5.41) is 2.94. The maximum Gasteiger partial charge on any atom is 0.224 e. The molecule has 1 aliphatic rings. The van der Waals surface area contributed by atoms with Gasteiger partial charge in [0.1, 0.15) is 0 Å². The molecule has 1 saturated heterocycles. The van der Waals surface area contributed by atoms with Gasteiger partial charge in [0.15, 0.2) is 5.78 Å². The largest absolute Gasteiger partial charge is 0.369 e. The third-order valence-corrected chi connectivity index (χ3v) is 5.90. The predicted molar refractivity (Wildman–Crippen MR) is 124 cm³/mol. The van der Waals surface area contributed by atoms with Crippen LogP contribution < -0.4 is 10.2 Å². The van der Waals surface area contributed by atoms with Crippen molar-refractivity contribution in [3.63, 3.8) is 0 Å². The number of likely N-dealkylation sites (N-methyl/N-ethyl adjacent to an activating group) is 1. The quantitative estimate of drug-likeness (QED) is 0.663. The molecule has 0 saturated carbocycles. The van der Waals surface area contributed by atoms with E-state index in [0.29, 0.717) is 5.56 Å². The van der Waals surface area contributed by atoms with Crippen molar-refractivity contribution in [3.05, 3.63) is 59.2 Å². The lowest BCUT2D eigenvalue weighted by atomic mass is 10.0. The fourth-order valence-corrected chi connectivity index (χ4v) is 3.91. The summed E-state index contributed by atoms with van der Waals surface area (Å²) in [4.78, 5) is 29.5. The van der Waals surface area contributed by atoms with E-state index in [2.05, 4.69) is 42.0 Å². The second-order valence-electron chi connectivity index (χ2n) is 7.94. The maximum absolute atomic E-state index is 12.3. The lowest BCUT2D eigenvalue weighted by Crippen LogP contribution is -2.46. The molecule has 0 aromatic heterocycles. The molecule has 1 aliphatic heterocycles. The zero-order valence-electron chi connectivity index (χ0n) is 18.4. The molecule has 1 amide bonds. The average molecular weight is 408 g/mol. The molecule has 1 heterocycles. The van der Waals surface area contributed by atoms with Crippen LogP contribution >= 0.6 is 0 Å². The molecular weight excluding hydrogens is 374 g/mol. The van der Waals surface area contributed by atoms with Crippen LogP contribution in [0.4, 0.5) is 11.4 Å². The number of benzene rings is 2. The Kier molecular flexibility index (Phi) is 7.63. The van der Waals surface area contributed by atoms with Crippen molar-refractivity contribution in [2.45, 2.75) is 40.0 Å². The van der Waals surface area contributed by atoms with Crippen molar-refractivity contribution in [3.8, 4) is 0 Å². The number of ketones is 1. The SMILES string of the molecule is CCc1ccc(C(=O)CCC(=O)Nc2ccc(N3CCN(CC)CC3)c(C)c2)cc1. The number of hydrogen-bond acceptors (Lipinski definition) is 4. The van der Waals surface area contributed by atoms with Gasteiger partial charge in [0, 0.05) is 56.0 Å². The Hall–Kier alpha value is -2.66. The maximum atomic E-state index is 12.3. The number of anilines is 2. The van der Waals surface area contributed by atoms with E-state index in [9.17, 15) is 9.59 Å². The van der Waals surface area contributed by atoms with Crippen LogP contribution in [0, 0.1) is 6.92 Å². The van der Waals surface area contributed by atoms with Crippen molar-refractivity contribution in [1.29, 1.82) is 0 Å². The van der Waals surface area contributed by atoms with Crippen LogP contribution in [0.5, 0.6) is 0 Å². The Balaban J connectivity index is 1.51. The van der Waals surface area contributed by atoms with Gasteiger partial charge in [-0.15, -0.1) is 0 Å². The first kappa shape index (κ1) is 22.0. The summed E-state index contributed by atoms with van der Waals surface area (Å²) in [5.41, 5.74) is 5.05. The van der Waals surface area contributed by atoms with Gasteiger partial charge in [-0.25, -0.2) is 0 Å². The van der Waals surface area contributed by atoms with Crippen LogP contribution in [0.15, 0.2) is 42.5 Å². The minimum Gasteiger partial charge on any atom is -0.369 e. The molecule has 1 N–H and O–H groups in total. The second kappa shape index (κ2) is 10.4. The molecule has 5 nitrogen and oxygen atoms in total. The summed E-state index contributed by atoms with van der Waals surface area (Å²) in [6.45, 7) is 11.7. The normalized spacial score (nSPS) is 14.6. The number of nitrogens with zero attached hydrogens (tertiary/aromatic N) is 2. The van der Waals surface area contributed by atoms with Crippen LogP contribution in [-0.4, -0.2) is 49.3 Å². The molecule has 1 fully saturated rings. The van der Waals surface area contributed by atoms with Crippen LogP contribution in [0.1, 0.15) is 48.2 Å². The smallest absolute Gasteiger partial charge is 0.224 e. The van der Waals surface area contributed by atoms with Gasteiger partial charge in [0.2, 0.25) is 5.91 Å². The van der Waals surface area contributed by atoms with E-state index in [0.717, 1.165) is 50.4 Å². The third kappa shape index (κ3) is 5.70. The molecule has 0 spiro atoms. The van der Waals surface area contributed by atoms with Crippen molar-refractivity contribution in [2.24, 2.45) is 0 Å². The molecule has 0 radical (unpaired) electrons. The minimum absolute atomic E-state index is 0.00514. The number of Topliss-reactive ketones (excluding diaryl/α,β-unsaturated/α-hetero) is 1. The van der Waals surface area contributed by atoms with E-state index in [-0.39, 0.29) is 24.5 Å². The molecule has 0 bridgehead atoms. The van der Waals surface area contributed by atoms with Crippen LogP contribution in [-0.2, 0) is 11.2 Å².